The Morgan fingerprint density at radius 1 is 0.921 bits per heavy atom. The number of para-hydroxylation sites is 1. The monoisotopic (exact) mass is 504 g/mol. The van der Waals surface area contributed by atoms with E-state index in [9.17, 15) is 14.7 Å². The molecule has 7 rings (SSSR count). The van der Waals surface area contributed by atoms with E-state index in [1.54, 1.807) is 4.90 Å². The van der Waals surface area contributed by atoms with Crippen molar-refractivity contribution in [3.8, 4) is 0 Å². The average Bonchev–Trinajstić information content (AvgIpc) is 3.51. The molecule has 0 saturated carbocycles. The molecule has 3 aliphatic heterocycles. The van der Waals surface area contributed by atoms with Crippen LogP contribution in [0.5, 0.6) is 0 Å². The lowest BCUT2D eigenvalue weighted by molar-refractivity contribution is -0.146. The van der Waals surface area contributed by atoms with Crippen LogP contribution in [0.15, 0.2) is 84.9 Å². The Morgan fingerprint density at radius 2 is 1.66 bits per heavy atom. The Bertz CT molecular complexity index is 1590. The molecule has 0 aliphatic carbocycles. The Morgan fingerprint density at radius 3 is 2.45 bits per heavy atom. The maximum absolute atomic E-state index is 14.0. The molecule has 6 nitrogen and oxygen atoms in total. The molecule has 6 heteroatoms. The van der Waals surface area contributed by atoms with Gasteiger partial charge in [-0.1, -0.05) is 61.5 Å². The van der Waals surface area contributed by atoms with Gasteiger partial charge in [0.2, 0.25) is 0 Å². The smallest absolute Gasteiger partial charge is 0.264 e. The van der Waals surface area contributed by atoms with Crippen LogP contribution in [0.3, 0.4) is 0 Å². The summed E-state index contributed by atoms with van der Waals surface area (Å²) in [6.07, 6.45) is 1.12. The number of fused-ring (bicyclic) bond motifs is 2. The second-order valence-corrected chi connectivity index (χ2v) is 10.5. The van der Waals surface area contributed by atoms with E-state index in [1.165, 1.54) is 0 Å². The van der Waals surface area contributed by atoms with E-state index in [1.807, 2.05) is 89.8 Å². The molecule has 38 heavy (non-hydrogen) atoms. The van der Waals surface area contributed by atoms with E-state index in [-0.39, 0.29) is 30.4 Å². The quantitative estimate of drug-likeness (QED) is 0.380. The van der Waals surface area contributed by atoms with Crippen LogP contribution in [-0.4, -0.2) is 29.6 Å². The van der Waals surface area contributed by atoms with E-state index < -0.39 is 5.60 Å². The van der Waals surface area contributed by atoms with Gasteiger partial charge in [-0.15, -0.1) is 0 Å². The second-order valence-electron chi connectivity index (χ2n) is 10.5. The summed E-state index contributed by atoms with van der Waals surface area (Å²) < 4.78 is 6.43. The minimum Gasteiger partial charge on any atom is -0.396 e. The zero-order valence-corrected chi connectivity index (χ0v) is 21.1. The van der Waals surface area contributed by atoms with Gasteiger partial charge in [-0.2, -0.15) is 0 Å². The van der Waals surface area contributed by atoms with Crippen molar-refractivity contribution in [2.24, 2.45) is 5.92 Å². The number of rotatable bonds is 5. The first-order valence-electron chi connectivity index (χ1n) is 13.2. The fraction of sp³-hybridized carbons (Fsp3) is 0.250. The molecule has 3 heterocycles. The van der Waals surface area contributed by atoms with E-state index >= 15 is 0 Å². The number of ether oxygens (including phenoxy) is 1. The minimum atomic E-state index is -1.01. The molecule has 0 aromatic heterocycles. The van der Waals surface area contributed by atoms with Crippen molar-refractivity contribution in [1.82, 2.24) is 0 Å². The highest BCUT2D eigenvalue weighted by Gasteiger charge is 2.59. The first-order valence-corrected chi connectivity index (χ1v) is 13.2. The van der Waals surface area contributed by atoms with Gasteiger partial charge in [0.25, 0.3) is 11.8 Å². The van der Waals surface area contributed by atoms with Crippen LogP contribution in [0.1, 0.15) is 41.3 Å². The molecular formula is C32H28N2O4. The van der Waals surface area contributed by atoms with Crippen molar-refractivity contribution in [3.05, 3.63) is 102 Å². The average molecular weight is 505 g/mol. The van der Waals surface area contributed by atoms with Gasteiger partial charge in [-0.3, -0.25) is 14.5 Å². The van der Waals surface area contributed by atoms with E-state index in [2.05, 4.69) is 6.92 Å². The number of aliphatic hydroxyl groups is 1. The summed E-state index contributed by atoms with van der Waals surface area (Å²) in [5.41, 5.74) is 4.14. The summed E-state index contributed by atoms with van der Waals surface area (Å²) in [5.74, 6) is -0.0712. The van der Waals surface area contributed by atoms with Gasteiger partial charge in [0, 0.05) is 29.2 Å². The van der Waals surface area contributed by atoms with Crippen molar-refractivity contribution in [3.63, 3.8) is 0 Å². The molecule has 0 unspecified atom stereocenters. The van der Waals surface area contributed by atoms with E-state index in [0.29, 0.717) is 13.0 Å². The zero-order chi connectivity index (χ0) is 26.0. The van der Waals surface area contributed by atoms with Crippen LogP contribution in [0.25, 0.3) is 10.8 Å². The van der Waals surface area contributed by atoms with Gasteiger partial charge in [-0.25, -0.2) is 0 Å². The zero-order valence-electron chi connectivity index (χ0n) is 21.1. The molecular weight excluding hydrogens is 476 g/mol. The molecule has 190 valence electrons. The van der Waals surface area contributed by atoms with E-state index in [0.717, 1.165) is 50.9 Å². The fourth-order valence-corrected chi connectivity index (χ4v) is 6.61. The largest absolute Gasteiger partial charge is 0.396 e. The maximum Gasteiger partial charge on any atom is 0.264 e. The second kappa shape index (κ2) is 8.51. The number of hydrogen-bond donors (Lipinski definition) is 1. The molecule has 1 saturated heterocycles. The highest BCUT2D eigenvalue weighted by Crippen LogP contribution is 2.53. The SMILES string of the molecule is C[C@@H]1C[C@H](CCO)O[C@@]12C(=O)N(Cc1ccc(N3C(=O)c4cccc5cccc3c45)cc1)c1ccccc12. The fourth-order valence-electron chi connectivity index (χ4n) is 6.61. The van der Waals surface area contributed by atoms with Gasteiger partial charge in [0.05, 0.1) is 29.6 Å². The number of anilines is 3. The van der Waals surface area contributed by atoms with Gasteiger partial charge in [0.1, 0.15) is 0 Å². The van der Waals surface area contributed by atoms with Gasteiger partial charge < -0.3 is 14.7 Å². The van der Waals surface area contributed by atoms with Crippen molar-refractivity contribution in [1.29, 1.82) is 0 Å². The number of carbonyl (C=O) groups excluding carboxylic acids is 2. The molecule has 4 aromatic rings. The first-order chi connectivity index (χ1) is 18.5. The lowest BCUT2D eigenvalue weighted by atomic mass is 9.83. The standard InChI is InChI=1S/C32H28N2O4/c1-20-18-24(16-17-35)38-32(20)26-9-2-3-10-27(26)33(31(32)37)19-21-12-14-23(15-13-21)34-28-11-5-7-22-6-4-8-25(29(22)28)30(34)36/h2-15,20,24,35H,16-19H2,1H3/t20-,24+,32+/m1/s1. The summed E-state index contributed by atoms with van der Waals surface area (Å²) in [7, 11) is 0. The highest BCUT2D eigenvalue weighted by molar-refractivity contribution is 6.27. The highest BCUT2D eigenvalue weighted by atomic mass is 16.5. The van der Waals surface area contributed by atoms with Gasteiger partial charge in [0.15, 0.2) is 5.60 Å². The van der Waals surface area contributed by atoms with Crippen LogP contribution >= 0.6 is 0 Å². The van der Waals surface area contributed by atoms with Crippen molar-refractivity contribution in [2.45, 2.75) is 38.0 Å². The predicted molar refractivity (Wildman–Crippen MR) is 147 cm³/mol. The Hall–Kier alpha value is -4.00. The topological polar surface area (TPSA) is 70.1 Å². The summed E-state index contributed by atoms with van der Waals surface area (Å²) in [6, 6.07) is 27.6. The van der Waals surface area contributed by atoms with Gasteiger partial charge >= 0.3 is 0 Å². The van der Waals surface area contributed by atoms with E-state index in [4.69, 9.17) is 4.74 Å². The lowest BCUT2D eigenvalue weighted by Gasteiger charge is -2.28. The molecule has 1 fully saturated rings. The summed E-state index contributed by atoms with van der Waals surface area (Å²) >= 11 is 0. The summed E-state index contributed by atoms with van der Waals surface area (Å²) in [5, 5.41) is 11.5. The molecule has 1 spiro atoms. The van der Waals surface area contributed by atoms with Crippen molar-refractivity contribution >= 4 is 39.6 Å². The third-order valence-electron chi connectivity index (χ3n) is 8.36. The normalized spacial score (nSPS) is 23.7. The number of nitrogens with zero attached hydrogens (tertiary/aromatic N) is 2. The predicted octanol–water partition coefficient (Wildman–Crippen LogP) is 5.68. The van der Waals surface area contributed by atoms with Crippen LogP contribution in [-0.2, 0) is 21.7 Å². The lowest BCUT2D eigenvalue weighted by Crippen LogP contribution is -2.43. The third kappa shape index (κ3) is 3.14. The number of aliphatic hydroxyl groups excluding tert-OH is 1. The van der Waals surface area contributed by atoms with Crippen LogP contribution in [0.2, 0.25) is 0 Å². The van der Waals surface area contributed by atoms with Crippen LogP contribution in [0.4, 0.5) is 17.1 Å². The molecule has 0 bridgehead atoms. The summed E-state index contributed by atoms with van der Waals surface area (Å²) in [6.45, 7) is 2.51. The Kier molecular flexibility index (Phi) is 5.18. The molecule has 3 aliphatic rings. The molecule has 2 amide bonds. The van der Waals surface area contributed by atoms with Crippen molar-refractivity contribution in [2.75, 3.05) is 16.4 Å². The molecule has 3 atom stereocenters. The third-order valence-corrected chi connectivity index (χ3v) is 8.36. The van der Waals surface area contributed by atoms with Crippen LogP contribution in [0, 0.1) is 5.92 Å². The molecule has 1 N–H and O–H groups in total. The minimum absolute atomic E-state index is 0.00518. The maximum atomic E-state index is 14.0. The number of hydrogen-bond acceptors (Lipinski definition) is 4. The number of carbonyl (C=O) groups is 2. The Balaban J connectivity index is 1.19. The van der Waals surface area contributed by atoms with Crippen LogP contribution < -0.4 is 9.80 Å². The Labute approximate surface area is 221 Å². The van der Waals surface area contributed by atoms with Gasteiger partial charge in [-0.05, 0) is 54.1 Å². The molecule has 0 radical (unpaired) electrons. The first kappa shape index (κ1) is 23.1. The molecule has 4 aromatic carbocycles. The number of amides is 2. The van der Waals surface area contributed by atoms with Crippen molar-refractivity contribution < 1.29 is 19.4 Å². The summed E-state index contributed by atoms with van der Waals surface area (Å²) in [4.78, 5) is 30.9. The number of benzene rings is 4.